The number of carbonyl (C=O) groups is 3. The van der Waals surface area contributed by atoms with Crippen molar-refractivity contribution in [2.24, 2.45) is 5.73 Å². The zero-order valence-corrected chi connectivity index (χ0v) is 19.3. The number of piperazine rings is 1. The van der Waals surface area contributed by atoms with E-state index in [0.717, 1.165) is 0 Å². The van der Waals surface area contributed by atoms with Crippen LogP contribution in [-0.4, -0.2) is 75.4 Å². The van der Waals surface area contributed by atoms with Gasteiger partial charge in [0.25, 0.3) is 5.91 Å². The molecule has 3 aromatic rings. The molecule has 3 amide bonds. The van der Waals surface area contributed by atoms with Crippen LogP contribution in [0.2, 0.25) is 0 Å². The van der Waals surface area contributed by atoms with Crippen molar-refractivity contribution in [2.45, 2.75) is 13.1 Å². The van der Waals surface area contributed by atoms with E-state index in [4.69, 9.17) is 10.5 Å². The van der Waals surface area contributed by atoms with Gasteiger partial charge in [0.05, 0.1) is 18.7 Å². The molecule has 11 heteroatoms. The molecule has 10 nitrogen and oxygen atoms in total. The zero-order valence-electron chi connectivity index (χ0n) is 19.3. The van der Waals surface area contributed by atoms with Crippen LogP contribution in [0.3, 0.4) is 0 Å². The van der Waals surface area contributed by atoms with Gasteiger partial charge in [-0.25, -0.2) is 9.18 Å². The van der Waals surface area contributed by atoms with Gasteiger partial charge in [-0.15, -0.1) is 0 Å². The van der Waals surface area contributed by atoms with Crippen molar-refractivity contribution in [1.29, 1.82) is 0 Å². The topological polar surface area (TPSA) is 129 Å². The number of aromatic hydroxyl groups is 1. The van der Waals surface area contributed by atoms with E-state index in [1.807, 2.05) is 4.90 Å². The number of pyridine rings is 1. The highest BCUT2D eigenvalue weighted by Gasteiger charge is 2.37. The van der Waals surface area contributed by atoms with Gasteiger partial charge in [0.2, 0.25) is 5.91 Å². The molecule has 0 atom stereocenters. The number of aromatic nitrogens is 1. The predicted octanol–water partition coefficient (Wildman–Crippen LogP) is 1.84. The van der Waals surface area contributed by atoms with Gasteiger partial charge in [-0.1, -0.05) is 12.1 Å². The summed E-state index contributed by atoms with van der Waals surface area (Å²) in [7, 11) is 0. The number of fused-ring (bicyclic) bond motifs is 2. The molecule has 186 valence electrons. The fourth-order valence-corrected chi connectivity index (χ4v) is 4.63. The lowest BCUT2D eigenvalue weighted by atomic mass is 10.0. The Morgan fingerprint density at radius 2 is 1.83 bits per heavy atom. The van der Waals surface area contributed by atoms with Crippen LogP contribution in [0.1, 0.15) is 21.5 Å². The van der Waals surface area contributed by atoms with E-state index in [1.165, 1.54) is 28.1 Å². The Bertz CT molecular complexity index is 1360. The average molecular weight is 493 g/mol. The van der Waals surface area contributed by atoms with E-state index >= 15 is 0 Å². The van der Waals surface area contributed by atoms with Crippen molar-refractivity contribution < 1.29 is 28.6 Å². The maximum absolute atomic E-state index is 13.3. The molecule has 5 rings (SSSR count). The standard InChI is InChI=1S/C25H24FN5O5/c26-16-5-3-15(4-6-16)12-31-13-18-20(24(31)34)22(33)21-17(2-1-7-28-21)23(18)36-25(35)30-10-8-29(9-11-30)14-19(27)32/h1-7,33H,8-14H2,(H2,27,32). The summed E-state index contributed by atoms with van der Waals surface area (Å²) in [5.74, 6) is -1.34. The zero-order chi connectivity index (χ0) is 25.4. The summed E-state index contributed by atoms with van der Waals surface area (Å²) < 4.78 is 19.2. The first-order chi connectivity index (χ1) is 17.3. The van der Waals surface area contributed by atoms with Gasteiger partial charge >= 0.3 is 6.09 Å². The number of phenols is 1. The second-order valence-corrected chi connectivity index (χ2v) is 8.82. The molecule has 2 aliphatic heterocycles. The molecule has 0 unspecified atom stereocenters. The first-order valence-electron chi connectivity index (χ1n) is 11.5. The molecule has 0 bridgehead atoms. The van der Waals surface area contributed by atoms with Gasteiger partial charge in [0.15, 0.2) is 5.75 Å². The van der Waals surface area contributed by atoms with Crippen LogP contribution in [0.5, 0.6) is 11.5 Å². The SMILES string of the molecule is NC(=O)CN1CCN(C(=O)Oc2c3c(c(O)c4ncccc24)C(=O)N(Cc2ccc(F)cc2)C3)CC1. The number of hydrogen-bond acceptors (Lipinski definition) is 7. The van der Waals surface area contributed by atoms with E-state index < -0.39 is 17.9 Å². The molecular formula is C25H24FN5O5. The van der Waals surface area contributed by atoms with Crippen molar-refractivity contribution in [3.05, 3.63) is 65.1 Å². The van der Waals surface area contributed by atoms with Crippen LogP contribution in [0.4, 0.5) is 9.18 Å². The Labute approximate surface area is 205 Å². The highest BCUT2D eigenvalue weighted by Crippen LogP contribution is 2.44. The largest absolute Gasteiger partial charge is 0.505 e. The molecule has 36 heavy (non-hydrogen) atoms. The summed E-state index contributed by atoms with van der Waals surface area (Å²) in [6.45, 7) is 2.04. The van der Waals surface area contributed by atoms with Gasteiger partial charge in [0.1, 0.15) is 17.1 Å². The molecule has 0 radical (unpaired) electrons. The van der Waals surface area contributed by atoms with Crippen LogP contribution < -0.4 is 10.5 Å². The second kappa shape index (κ2) is 9.42. The molecule has 3 heterocycles. The van der Waals surface area contributed by atoms with E-state index in [0.29, 0.717) is 42.7 Å². The first kappa shape index (κ1) is 23.5. The molecule has 1 aromatic heterocycles. The molecule has 0 aliphatic carbocycles. The van der Waals surface area contributed by atoms with Crippen LogP contribution in [0.25, 0.3) is 10.9 Å². The number of hydrogen-bond donors (Lipinski definition) is 2. The van der Waals surface area contributed by atoms with Crippen molar-refractivity contribution >= 4 is 28.8 Å². The highest BCUT2D eigenvalue weighted by atomic mass is 19.1. The van der Waals surface area contributed by atoms with Crippen LogP contribution in [0, 0.1) is 5.82 Å². The first-order valence-corrected chi connectivity index (χ1v) is 11.5. The maximum atomic E-state index is 13.3. The third-order valence-corrected chi connectivity index (χ3v) is 6.43. The minimum atomic E-state index is -0.601. The lowest BCUT2D eigenvalue weighted by Crippen LogP contribution is -2.51. The Hall–Kier alpha value is -4.25. The fourth-order valence-electron chi connectivity index (χ4n) is 4.63. The highest BCUT2D eigenvalue weighted by molar-refractivity contribution is 6.09. The average Bonchev–Trinajstić information content (AvgIpc) is 3.19. The smallest absolute Gasteiger partial charge is 0.415 e. The molecule has 0 spiro atoms. The maximum Gasteiger partial charge on any atom is 0.415 e. The minimum absolute atomic E-state index is 0.0392. The number of ether oxygens (including phenoxy) is 1. The molecule has 3 N–H and O–H groups in total. The number of benzene rings is 2. The second-order valence-electron chi connectivity index (χ2n) is 8.82. The van der Waals surface area contributed by atoms with Gasteiger partial charge in [-0.2, -0.15) is 0 Å². The van der Waals surface area contributed by atoms with E-state index in [-0.39, 0.29) is 48.0 Å². The molecule has 2 aliphatic rings. The quantitative estimate of drug-likeness (QED) is 0.555. The molecule has 1 fully saturated rings. The minimum Gasteiger partial charge on any atom is -0.505 e. The van der Waals surface area contributed by atoms with Crippen molar-refractivity contribution in [2.75, 3.05) is 32.7 Å². The third-order valence-electron chi connectivity index (χ3n) is 6.43. The van der Waals surface area contributed by atoms with Crippen molar-refractivity contribution in [1.82, 2.24) is 19.7 Å². The number of nitrogens with two attached hydrogens (primary N) is 1. The van der Waals surface area contributed by atoms with Crippen LogP contribution >= 0.6 is 0 Å². The number of halogens is 1. The number of rotatable bonds is 5. The van der Waals surface area contributed by atoms with E-state index in [2.05, 4.69) is 4.98 Å². The van der Waals surface area contributed by atoms with Gasteiger partial charge in [-0.3, -0.25) is 19.5 Å². The van der Waals surface area contributed by atoms with E-state index in [9.17, 15) is 23.9 Å². The monoisotopic (exact) mass is 493 g/mol. The lowest BCUT2D eigenvalue weighted by molar-refractivity contribution is -0.119. The number of carbonyl (C=O) groups excluding carboxylic acids is 3. The fraction of sp³-hybridized carbons (Fsp3) is 0.280. The summed E-state index contributed by atoms with van der Waals surface area (Å²) in [5.41, 5.74) is 6.55. The Kier molecular flexibility index (Phi) is 6.15. The molecule has 0 saturated carbocycles. The summed E-state index contributed by atoms with van der Waals surface area (Å²) in [6.07, 6.45) is 0.879. The number of amides is 3. The Morgan fingerprint density at radius 3 is 2.53 bits per heavy atom. The third kappa shape index (κ3) is 4.40. The Morgan fingerprint density at radius 1 is 1.11 bits per heavy atom. The summed E-state index contributed by atoms with van der Waals surface area (Å²) in [5, 5.41) is 11.3. The lowest BCUT2D eigenvalue weighted by Gasteiger charge is -2.33. The van der Waals surface area contributed by atoms with E-state index in [1.54, 1.807) is 24.3 Å². The van der Waals surface area contributed by atoms with Gasteiger partial charge in [-0.05, 0) is 29.8 Å². The molecule has 1 saturated heterocycles. The normalized spacial score (nSPS) is 15.9. The predicted molar refractivity (Wildman–Crippen MR) is 127 cm³/mol. The van der Waals surface area contributed by atoms with Crippen molar-refractivity contribution in [3.63, 3.8) is 0 Å². The van der Waals surface area contributed by atoms with Crippen LogP contribution in [-0.2, 0) is 17.9 Å². The number of primary amides is 1. The number of nitrogens with zero attached hydrogens (tertiary/aromatic N) is 4. The van der Waals surface area contributed by atoms with Crippen LogP contribution in [0.15, 0.2) is 42.6 Å². The van der Waals surface area contributed by atoms with Gasteiger partial charge in [0, 0.05) is 49.9 Å². The summed E-state index contributed by atoms with van der Waals surface area (Å²) in [4.78, 5) is 46.6. The summed E-state index contributed by atoms with van der Waals surface area (Å²) >= 11 is 0. The van der Waals surface area contributed by atoms with Gasteiger partial charge < -0.3 is 25.4 Å². The molecular weight excluding hydrogens is 469 g/mol. The molecule has 2 aromatic carbocycles. The van der Waals surface area contributed by atoms with Crippen molar-refractivity contribution in [3.8, 4) is 11.5 Å². The number of phenolic OH excluding ortho intramolecular Hbond substituents is 1. The Balaban J connectivity index is 1.43. The summed E-state index contributed by atoms with van der Waals surface area (Å²) in [6, 6.07) is 9.12.